The highest BCUT2D eigenvalue weighted by Gasteiger charge is 2.23. The largest absolute Gasteiger partial charge is 0.493 e. The van der Waals surface area contributed by atoms with E-state index in [0.717, 1.165) is 12.3 Å². The van der Waals surface area contributed by atoms with Crippen molar-refractivity contribution in [3.63, 3.8) is 0 Å². The van der Waals surface area contributed by atoms with E-state index in [-0.39, 0.29) is 45.2 Å². The molecule has 0 amide bonds. The first-order valence-corrected chi connectivity index (χ1v) is 10.1. The molecule has 0 aliphatic rings. The number of pyridine rings is 1. The molecule has 0 aliphatic carbocycles. The fourth-order valence-electron chi connectivity index (χ4n) is 3.07. The third-order valence-electron chi connectivity index (χ3n) is 4.39. The molecule has 1 heterocycles. The highest BCUT2D eigenvalue weighted by molar-refractivity contribution is 6.18. The third kappa shape index (κ3) is 4.96. The zero-order valence-corrected chi connectivity index (χ0v) is 18.9. The molecule has 2 aromatic carbocycles. The van der Waals surface area contributed by atoms with Crippen molar-refractivity contribution in [3.8, 4) is 17.2 Å². The quantitative estimate of drug-likeness (QED) is 0.506. The summed E-state index contributed by atoms with van der Waals surface area (Å²) in [6, 6.07) is 6.77. The van der Waals surface area contributed by atoms with Crippen LogP contribution < -0.4 is 14.2 Å². The van der Waals surface area contributed by atoms with Crippen molar-refractivity contribution >= 4 is 22.5 Å². The number of carboxylic acids is 1. The van der Waals surface area contributed by atoms with Gasteiger partial charge in [-0.15, -0.1) is 0 Å². The molecule has 8 heteroatoms. The number of benzene rings is 2. The minimum atomic E-state index is -1.22. The first-order valence-electron chi connectivity index (χ1n) is 10.1. The Morgan fingerprint density at radius 1 is 0.969 bits per heavy atom. The van der Waals surface area contributed by atoms with E-state index in [0.29, 0.717) is 5.75 Å². The van der Waals surface area contributed by atoms with E-state index in [4.69, 9.17) is 14.2 Å². The number of aromatic nitrogens is 1. The zero-order chi connectivity index (χ0) is 24.0. The molecule has 0 atom stereocenters. The van der Waals surface area contributed by atoms with Crippen LogP contribution in [0.4, 0.5) is 4.39 Å². The monoisotopic (exact) mass is 443 g/mol. The Bertz CT molecular complexity index is 1140. The molecule has 0 aliphatic heterocycles. The summed E-state index contributed by atoms with van der Waals surface area (Å²) in [4.78, 5) is 28.9. The molecule has 3 rings (SSSR count). The number of ether oxygens (including phenoxy) is 3. The van der Waals surface area contributed by atoms with Gasteiger partial charge in [-0.25, -0.2) is 9.18 Å². The van der Waals surface area contributed by atoms with E-state index >= 15 is 0 Å². The molecule has 0 bridgehead atoms. The van der Waals surface area contributed by atoms with Gasteiger partial charge in [0.15, 0.2) is 11.5 Å². The second-order valence-electron chi connectivity index (χ2n) is 6.72. The lowest BCUT2D eigenvalue weighted by atomic mass is 9.98. The summed E-state index contributed by atoms with van der Waals surface area (Å²) < 4.78 is 30.5. The molecular weight excluding hydrogens is 417 g/mol. The molecule has 0 unspecified atom stereocenters. The van der Waals surface area contributed by atoms with Gasteiger partial charge in [0, 0.05) is 17.0 Å². The second-order valence-corrected chi connectivity index (χ2v) is 6.72. The second kappa shape index (κ2) is 10.6. The molecule has 0 saturated carbocycles. The maximum atomic E-state index is 14.5. The van der Waals surface area contributed by atoms with Crippen LogP contribution in [0, 0.1) is 5.82 Å². The van der Waals surface area contributed by atoms with Crippen LogP contribution in [-0.2, 0) is 0 Å². The van der Waals surface area contributed by atoms with E-state index in [1.165, 1.54) is 38.5 Å². The highest BCUT2D eigenvalue weighted by Crippen LogP contribution is 2.35. The lowest BCUT2D eigenvalue weighted by Gasteiger charge is -2.14. The van der Waals surface area contributed by atoms with Crippen LogP contribution in [0.25, 0.3) is 10.8 Å². The summed E-state index contributed by atoms with van der Waals surface area (Å²) in [7, 11) is 2.82. The maximum absolute atomic E-state index is 14.5. The number of fused-ring (bicyclic) bond motifs is 1. The minimum Gasteiger partial charge on any atom is -0.493 e. The average molecular weight is 443 g/mol. The average Bonchev–Trinajstić information content (AvgIpc) is 2.78. The Labute approximate surface area is 185 Å². The van der Waals surface area contributed by atoms with Gasteiger partial charge in [-0.05, 0) is 44.2 Å². The lowest BCUT2D eigenvalue weighted by Crippen LogP contribution is -2.11. The molecular formula is C24H26FNO6. The normalized spacial score (nSPS) is 10.4. The standard InChI is InChI=1S/C22H20FNO6.C2H6/c1-11(2)30-12-5-6-17(23)15(7-12)21(25)20-14-9-19(29-4)18(28-3)8-13(14)16(10-24-20)22(26)27;1-2/h5-11H,1-4H3,(H,26,27);1-2H3. The number of aromatic carboxylic acids is 1. The summed E-state index contributed by atoms with van der Waals surface area (Å²) in [6.07, 6.45) is 0.903. The maximum Gasteiger partial charge on any atom is 0.337 e. The number of hydrogen-bond acceptors (Lipinski definition) is 6. The van der Waals surface area contributed by atoms with Gasteiger partial charge in [-0.1, -0.05) is 13.8 Å². The predicted octanol–water partition coefficient (Wildman–Crippen LogP) is 5.13. The first kappa shape index (κ1) is 24.6. The van der Waals surface area contributed by atoms with Gasteiger partial charge in [-0.2, -0.15) is 0 Å². The fourth-order valence-corrected chi connectivity index (χ4v) is 3.07. The number of carbonyl (C=O) groups excluding carboxylic acids is 1. The van der Waals surface area contributed by atoms with Gasteiger partial charge in [0.1, 0.15) is 17.3 Å². The van der Waals surface area contributed by atoms with E-state index < -0.39 is 17.6 Å². The molecule has 7 nitrogen and oxygen atoms in total. The number of halogens is 1. The van der Waals surface area contributed by atoms with Crippen molar-refractivity contribution in [2.75, 3.05) is 14.2 Å². The first-order chi connectivity index (χ1) is 15.3. The number of ketones is 1. The Morgan fingerprint density at radius 2 is 1.56 bits per heavy atom. The van der Waals surface area contributed by atoms with Crippen molar-refractivity contribution in [1.82, 2.24) is 4.98 Å². The Balaban J connectivity index is 0.00000176. The van der Waals surface area contributed by atoms with Crippen LogP contribution >= 0.6 is 0 Å². The molecule has 0 saturated heterocycles. The molecule has 0 radical (unpaired) electrons. The van der Waals surface area contributed by atoms with Gasteiger partial charge >= 0.3 is 5.97 Å². The van der Waals surface area contributed by atoms with E-state index in [9.17, 15) is 19.1 Å². The number of carbonyl (C=O) groups is 2. The summed E-state index contributed by atoms with van der Waals surface area (Å²) in [5.74, 6) is -1.78. The molecule has 0 spiro atoms. The van der Waals surface area contributed by atoms with Crippen LogP contribution in [0.2, 0.25) is 0 Å². The van der Waals surface area contributed by atoms with Crippen molar-refractivity contribution in [2.45, 2.75) is 33.8 Å². The minimum absolute atomic E-state index is 0.114. The smallest absolute Gasteiger partial charge is 0.337 e. The number of rotatable bonds is 7. The Kier molecular flexibility index (Phi) is 8.12. The Hall–Kier alpha value is -3.68. The van der Waals surface area contributed by atoms with E-state index in [1.807, 2.05) is 27.7 Å². The molecule has 170 valence electrons. The fraction of sp³-hybridized carbons (Fsp3) is 0.292. The van der Waals surface area contributed by atoms with Crippen molar-refractivity contribution in [1.29, 1.82) is 0 Å². The summed E-state index contributed by atoms with van der Waals surface area (Å²) in [6.45, 7) is 7.62. The predicted molar refractivity (Wildman–Crippen MR) is 119 cm³/mol. The van der Waals surface area contributed by atoms with Crippen molar-refractivity contribution in [3.05, 3.63) is 59.2 Å². The molecule has 3 aromatic rings. The van der Waals surface area contributed by atoms with Gasteiger partial charge in [0.2, 0.25) is 5.78 Å². The number of nitrogens with zero attached hydrogens (tertiary/aromatic N) is 1. The lowest BCUT2D eigenvalue weighted by molar-refractivity contribution is 0.0698. The number of hydrogen-bond donors (Lipinski definition) is 1. The topological polar surface area (TPSA) is 95.0 Å². The van der Waals surface area contributed by atoms with Crippen LogP contribution in [0.5, 0.6) is 17.2 Å². The van der Waals surface area contributed by atoms with Gasteiger partial charge in [-0.3, -0.25) is 9.78 Å². The van der Waals surface area contributed by atoms with Crippen molar-refractivity contribution < 1.29 is 33.3 Å². The van der Waals surface area contributed by atoms with Crippen LogP contribution in [0.1, 0.15) is 54.1 Å². The number of methoxy groups -OCH3 is 2. The third-order valence-corrected chi connectivity index (χ3v) is 4.39. The van der Waals surface area contributed by atoms with Gasteiger partial charge < -0.3 is 19.3 Å². The zero-order valence-electron chi connectivity index (χ0n) is 18.9. The Morgan fingerprint density at radius 3 is 2.09 bits per heavy atom. The summed E-state index contributed by atoms with van der Waals surface area (Å²) in [5, 5.41) is 9.93. The van der Waals surface area contributed by atoms with Gasteiger partial charge in [0.05, 0.1) is 31.5 Å². The van der Waals surface area contributed by atoms with E-state index in [1.54, 1.807) is 0 Å². The van der Waals surface area contributed by atoms with Crippen molar-refractivity contribution in [2.24, 2.45) is 0 Å². The van der Waals surface area contributed by atoms with E-state index in [2.05, 4.69) is 4.98 Å². The van der Waals surface area contributed by atoms with Crippen LogP contribution in [0.3, 0.4) is 0 Å². The number of carboxylic acid groups (broad SMARTS) is 1. The molecule has 0 fully saturated rings. The highest BCUT2D eigenvalue weighted by atomic mass is 19.1. The van der Waals surface area contributed by atoms with Crippen LogP contribution in [-0.4, -0.2) is 42.2 Å². The molecule has 32 heavy (non-hydrogen) atoms. The SMILES string of the molecule is CC.COc1cc2c(C(=O)O)cnc(C(=O)c3cc(OC(C)C)ccc3F)c2cc1OC. The molecule has 1 N–H and O–H groups in total. The van der Waals surface area contributed by atoms with Gasteiger partial charge in [0.25, 0.3) is 0 Å². The molecule has 1 aromatic heterocycles. The summed E-state index contributed by atoms with van der Waals surface area (Å²) >= 11 is 0. The summed E-state index contributed by atoms with van der Waals surface area (Å²) in [5.41, 5.74) is -0.476. The van der Waals surface area contributed by atoms with Crippen LogP contribution in [0.15, 0.2) is 36.5 Å².